The minimum absolute atomic E-state index is 0.539. The molecule has 0 aliphatic heterocycles. The van der Waals surface area contributed by atoms with E-state index in [0.717, 1.165) is 6.07 Å². The molecule has 0 aromatic carbocycles. The highest BCUT2D eigenvalue weighted by Gasteiger charge is 2.31. The monoisotopic (exact) mass is 264 g/mol. The highest BCUT2D eigenvalue weighted by molar-refractivity contribution is 7.10. The topological polar surface area (TPSA) is 0 Å². The molecule has 2 rings (SSSR count). The third kappa shape index (κ3) is 6.42. The molecule has 0 fully saturated rings. The zero-order valence-electron chi connectivity index (χ0n) is 8.41. The molecule has 5 heteroatoms. The van der Waals surface area contributed by atoms with E-state index in [9.17, 15) is 13.2 Å². The maximum atomic E-state index is 11.6. The minimum Gasteiger partial charge on any atom is -0.165 e. The largest absolute Gasteiger partial charge is 0.425 e. The first-order chi connectivity index (χ1) is 7.61. The molecule has 2 aromatic rings. The van der Waals surface area contributed by atoms with E-state index >= 15 is 0 Å². The molecular formula is C11H11F3S2. The first-order valence-corrected chi connectivity index (χ1v) is 6.01. The Morgan fingerprint density at radius 2 is 1.50 bits per heavy atom. The van der Waals surface area contributed by atoms with E-state index in [1.807, 2.05) is 22.9 Å². The summed E-state index contributed by atoms with van der Waals surface area (Å²) in [5.74, 6) is 0. The van der Waals surface area contributed by atoms with Crippen LogP contribution < -0.4 is 0 Å². The summed E-state index contributed by atoms with van der Waals surface area (Å²) in [6.45, 7) is 6.00. The molecule has 0 N–H and O–H groups in total. The van der Waals surface area contributed by atoms with E-state index in [1.54, 1.807) is 11.3 Å². The van der Waals surface area contributed by atoms with E-state index in [1.165, 1.54) is 11.4 Å². The molecule has 0 spiro atoms. The fourth-order valence-corrected chi connectivity index (χ4v) is 1.71. The van der Waals surface area contributed by atoms with E-state index in [2.05, 4.69) is 13.2 Å². The molecule has 2 aromatic heterocycles. The van der Waals surface area contributed by atoms with Crippen LogP contribution in [0.4, 0.5) is 13.2 Å². The van der Waals surface area contributed by atoms with Crippen molar-refractivity contribution in [3.8, 4) is 0 Å². The van der Waals surface area contributed by atoms with Gasteiger partial charge in [-0.3, -0.25) is 0 Å². The number of halogens is 3. The summed E-state index contributed by atoms with van der Waals surface area (Å²) in [6, 6.07) is 6.48. The first-order valence-electron chi connectivity index (χ1n) is 4.18. The van der Waals surface area contributed by atoms with Crippen molar-refractivity contribution in [1.29, 1.82) is 0 Å². The molecule has 0 atom stereocenters. The second-order valence-electron chi connectivity index (χ2n) is 2.27. The van der Waals surface area contributed by atoms with Crippen LogP contribution >= 0.6 is 22.7 Å². The van der Waals surface area contributed by atoms with Gasteiger partial charge in [-0.2, -0.15) is 24.5 Å². The molecular weight excluding hydrogens is 253 g/mol. The first kappa shape index (κ1) is 14.9. The predicted octanol–water partition coefficient (Wildman–Crippen LogP) is 5.32. The maximum Gasteiger partial charge on any atom is 0.425 e. The van der Waals surface area contributed by atoms with Crippen LogP contribution in [0.5, 0.6) is 0 Å². The van der Waals surface area contributed by atoms with Crippen LogP contribution in [0.1, 0.15) is 4.88 Å². The highest BCUT2D eigenvalue weighted by Crippen LogP contribution is 2.32. The quantitative estimate of drug-likeness (QED) is 0.565. The standard InChI is InChI=1S/C5H3F3S.C4H4S.C2H4/c6-5(7,8)4-2-1-3-9-4;1-2-4-5-3-1;1-2/h1-3H;1-4H;1-2H2. The smallest absolute Gasteiger partial charge is 0.165 e. The normalized spacial score (nSPS) is 9.44. The molecule has 16 heavy (non-hydrogen) atoms. The molecule has 0 saturated heterocycles. The number of rotatable bonds is 0. The number of hydrogen-bond donors (Lipinski definition) is 0. The Morgan fingerprint density at radius 3 is 1.69 bits per heavy atom. The van der Waals surface area contributed by atoms with Gasteiger partial charge in [0, 0.05) is 0 Å². The van der Waals surface area contributed by atoms with Crippen LogP contribution in [0.15, 0.2) is 53.6 Å². The van der Waals surface area contributed by atoms with Gasteiger partial charge in [0.2, 0.25) is 0 Å². The minimum atomic E-state index is -4.16. The second kappa shape index (κ2) is 8.13. The van der Waals surface area contributed by atoms with Gasteiger partial charge in [0.05, 0.1) is 0 Å². The van der Waals surface area contributed by atoms with Crippen LogP contribution in [0.3, 0.4) is 0 Å². The highest BCUT2D eigenvalue weighted by atomic mass is 32.1. The van der Waals surface area contributed by atoms with Crippen molar-refractivity contribution in [1.82, 2.24) is 0 Å². The lowest BCUT2D eigenvalue weighted by atomic mass is 10.5. The van der Waals surface area contributed by atoms with Gasteiger partial charge in [-0.1, -0.05) is 18.2 Å². The summed E-state index contributed by atoms with van der Waals surface area (Å²) in [5, 5.41) is 5.49. The third-order valence-electron chi connectivity index (χ3n) is 1.23. The lowest BCUT2D eigenvalue weighted by Crippen LogP contribution is -2.00. The third-order valence-corrected chi connectivity index (χ3v) is 2.77. The predicted molar refractivity (Wildman–Crippen MR) is 64.9 cm³/mol. The van der Waals surface area contributed by atoms with Gasteiger partial charge in [-0.15, -0.1) is 24.5 Å². The summed E-state index contributed by atoms with van der Waals surface area (Å²) in [5.41, 5.74) is 0. The Kier molecular flexibility index (Phi) is 7.58. The number of alkyl halides is 3. The van der Waals surface area contributed by atoms with E-state index in [-0.39, 0.29) is 0 Å². The second-order valence-corrected chi connectivity index (χ2v) is 4.03. The van der Waals surface area contributed by atoms with Gasteiger partial charge in [0.15, 0.2) is 0 Å². The summed E-state index contributed by atoms with van der Waals surface area (Å²) in [6.07, 6.45) is -4.16. The fourth-order valence-electron chi connectivity index (χ4n) is 0.667. The molecule has 0 unspecified atom stereocenters. The Balaban J connectivity index is 0.000000272. The van der Waals surface area contributed by atoms with Crippen molar-refractivity contribution in [3.05, 3.63) is 58.4 Å². The molecule has 0 nitrogen and oxygen atoms in total. The van der Waals surface area contributed by atoms with Gasteiger partial charge >= 0.3 is 6.18 Å². The van der Waals surface area contributed by atoms with Crippen molar-refractivity contribution < 1.29 is 13.2 Å². The fraction of sp³-hybridized carbons (Fsp3) is 0.0909. The summed E-state index contributed by atoms with van der Waals surface area (Å²) >= 11 is 2.42. The molecule has 0 aliphatic rings. The maximum absolute atomic E-state index is 11.6. The summed E-state index contributed by atoms with van der Waals surface area (Å²) in [4.78, 5) is -0.539. The zero-order chi connectivity index (χ0) is 12.4. The van der Waals surface area contributed by atoms with Gasteiger partial charge in [-0.05, 0) is 22.2 Å². The van der Waals surface area contributed by atoms with Crippen molar-refractivity contribution >= 4 is 22.7 Å². The number of thiophene rings is 2. The average Bonchev–Trinajstić information content (AvgIpc) is 2.96. The molecule has 0 saturated carbocycles. The van der Waals surface area contributed by atoms with Crippen molar-refractivity contribution in [2.75, 3.05) is 0 Å². The van der Waals surface area contributed by atoms with Crippen LogP contribution in [-0.2, 0) is 6.18 Å². The summed E-state index contributed by atoms with van der Waals surface area (Å²) in [7, 11) is 0. The van der Waals surface area contributed by atoms with Crippen LogP contribution in [-0.4, -0.2) is 0 Å². The number of hydrogen-bond acceptors (Lipinski definition) is 2. The van der Waals surface area contributed by atoms with Crippen molar-refractivity contribution in [2.45, 2.75) is 6.18 Å². The van der Waals surface area contributed by atoms with Crippen LogP contribution in [0.2, 0.25) is 0 Å². The Morgan fingerprint density at radius 1 is 0.938 bits per heavy atom. The molecule has 88 valence electrons. The Hall–Kier alpha value is -1.07. The van der Waals surface area contributed by atoms with Crippen LogP contribution in [0.25, 0.3) is 0 Å². The summed E-state index contributed by atoms with van der Waals surface area (Å²) < 4.78 is 34.9. The van der Waals surface area contributed by atoms with E-state index in [0.29, 0.717) is 11.3 Å². The van der Waals surface area contributed by atoms with Crippen molar-refractivity contribution in [2.24, 2.45) is 0 Å². The van der Waals surface area contributed by atoms with Gasteiger partial charge in [0.25, 0.3) is 0 Å². The van der Waals surface area contributed by atoms with Crippen molar-refractivity contribution in [3.63, 3.8) is 0 Å². The molecule has 2 heterocycles. The average molecular weight is 264 g/mol. The van der Waals surface area contributed by atoms with Crippen LogP contribution in [0, 0.1) is 0 Å². The lowest BCUT2D eigenvalue weighted by molar-refractivity contribution is -0.134. The van der Waals surface area contributed by atoms with Gasteiger partial charge < -0.3 is 0 Å². The van der Waals surface area contributed by atoms with E-state index < -0.39 is 11.1 Å². The molecule has 0 amide bonds. The zero-order valence-corrected chi connectivity index (χ0v) is 10.0. The molecule has 0 bridgehead atoms. The molecule has 0 radical (unpaired) electrons. The van der Waals surface area contributed by atoms with E-state index in [4.69, 9.17) is 0 Å². The molecule has 0 aliphatic carbocycles. The van der Waals surface area contributed by atoms with Gasteiger partial charge in [-0.25, -0.2) is 0 Å². The Labute approximate surface area is 101 Å². The lowest BCUT2D eigenvalue weighted by Gasteiger charge is -1.99. The Bertz CT molecular complexity index is 318. The SMILES string of the molecule is C=C.FC(F)(F)c1cccs1.c1ccsc1. The van der Waals surface area contributed by atoms with Gasteiger partial charge in [0.1, 0.15) is 4.88 Å².